The molecule has 28 heavy (non-hydrogen) atoms. The topological polar surface area (TPSA) is 67.7 Å². The highest BCUT2D eigenvalue weighted by Gasteiger charge is 2.19. The van der Waals surface area contributed by atoms with Gasteiger partial charge >= 0.3 is 0 Å². The molecule has 144 valence electrons. The Hall–Kier alpha value is -3.15. The van der Waals surface area contributed by atoms with E-state index in [1.807, 2.05) is 60.4 Å². The molecule has 1 aliphatic heterocycles. The minimum absolute atomic E-state index is 0.0795. The molecule has 2 aromatic carbocycles. The first-order chi connectivity index (χ1) is 13.6. The summed E-state index contributed by atoms with van der Waals surface area (Å²) in [6.07, 6.45) is 0.977. The van der Waals surface area contributed by atoms with Crippen LogP contribution in [-0.2, 0) is 6.54 Å². The van der Waals surface area contributed by atoms with Crippen LogP contribution in [0.15, 0.2) is 64.1 Å². The summed E-state index contributed by atoms with van der Waals surface area (Å²) in [4.78, 5) is 6.24. The van der Waals surface area contributed by atoms with E-state index in [2.05, 4.69) is 10.1 Å². The van der Waals surface area contributed by atoms with E-state index in [0.29, 0.717) is 18.1 Å². The van der Waals surface area contributed by atoms with Gasteiger partial charge in [-0.3, -0.25) is 4.99 Å². The van der Waals surface area contributed by atoms with Crippen LogP contribution in [0.3, 0.4) is 0 Å². The van der Waals surface area contributed by atoms with E-state index in [4.69, 9.17) is 10.3 Å². The van der Waals surface area contributed by atoms with Gasteiger partial charge in [-0.1, -0.05) is 54.5 Å². The Kier molecular flexibility index (Phi) is 5.10. The van der Waals surface area contributed by atoms with E-state index in [1.165, 1.54) is 0 Å². The Morgan fingerprint density at radius 3 is 2.75 bits per heavy atom. The van der Waals surface area contributed by atoms with Crippen LogP contribution in [0.2, 0.25) is 0 Å². The fourth-order valence-electron chi connectivity index (χ4n) is 3.45. The van der Waals surface area contributed by atoms with Crippen LogP contribution in [0.1, 0.15) is 36.3 Å². The lowest BCUT2D eigenvalue weighted by Crippen LogP contribution is -2.40. The fourth-order valence-corrected chi connectivity index (χ4v) is 3.45. The number of rotatable bonds is 5. The van der Waals surface area contributed by atoms with Crippen molar-refractivity contribution in [2.75, 3.05) is 13.1 Å². The number of benzene rings is 2. The lowest BCUT2D eigenvalue weighted by Gasteiger charge is -2.25. The maximum atomic E-state index is 14.7. The van der Waals surface area contributed by atoms with Gasteiger partial charge in [0.1, 0.15) is 5.82 Å². The van der Waals surface area contributed by atoms with Crippen molar-refractivity contribution in [3.05, 3.63) is 77.4 Å². The second kappa shape index (κ2) is 7.84. The van der Waals surface area contributed by atoms with Crippen LogP contribution in [0.25, 0.3) is 11.1 Å². The minimum atomic E-state index is -0.239. The molecule has 2 heterocycles. The van der Waals surface area contributed by atoms with Crippen LogP contribution in [-0.4, -0.2) is 29.1 Å². The number of aliphatic imine (C=N–C) groups is 1. The molecule has 1 unspecified atom stereocenters. The average Bonchev–Trinajstić information content (AvgIpc) is 3.18. The molecule has 2 N–H and O–H groups in total. The van der Waals surface area contributed by atoms with Gasteiger partial charge in [-0.05, 0) is 23.6 Å². The number of nitrogens with two attached hydrogens (primary N) is 1. The second-order valence-corrected chi connectivity index (χ2v) is 7.06. The van der Waals surface area contributed by atoms with Crippen LogP contribution in [0.5, 0.6) is 0 Å². The van der Waals surface area contributed by atoms with Crippen molar-refractivity contribution in [2.45, 2.75) is 25.8 Å². The number of hydrogen-bond acceptors (Lipinski definition) is 5. The van der Waals surface area contributed by atoms with Crippen molar-refractivity contribution in [2.24, 2.45) is 10.7 Å². The highest BCUT2D eigenvalue weighted by atomic mass is 19.1. The van der Waals surface area contributed by atoms with Gasteiger partial charge in [0.25, 0.3) is 0 Å². The van der Waals surface area contributed by atoms with Gasteiger partial charge in [-0.2, -0.15) is 0 Å². The predicted octanol–water partition coefficient (Wildman–Crippen LogP) is 4.15. The zero-order valence-electron chi connectivity index (χ0n) is 15.8. The molecule has 0 radical (unpaired) electrons. The number of nitrogens with zero attached hydrogens (tertiary/aromatic N) is 3. The predicted molar refractivity (Wildman–Crippen MR) is 107 cm³/mol. The van der Waals surface area contributed by atoms with Crippen molar-refractivity contribution in [1.29, 1.82) is 0 Å². The standard InChI is InChI=1S/C22H23FN4O/c1-15(17-8-9-19(20(23)12-17)16-6-3-2-4-7-16)21-13-18(28-26-21)14-27-11-5-10-25-22(27)24/h2-4,6-9,12-13,15H,5,10-11,14H2,1H3,(H2,24,25). The molecule has 6 heteroatoms. The largest absolute Gasteiger partial charge is 0.370 e. The van der Waals surface area contributed by atoms with E-state index >= 15 is 0 Å². The molecule has 1 aromatic heterocycles. The highest BCUT2D eigenvalue weighted by molar-refractivity contribution is 5.78. The van der Waals surface area contributed by atoms with Crippen molar-refractivity contribution in [3.63, 3.8) is 0 Å². The third-order valence-corrected chi connectivity index (χ3v) is 5.13. The number of guanidine groups is 1. The molecule has 1 atom stereocenters. The summed E-state index contributed by atoms with van der Waals surface area (Å²) in [5, 5.41) is 4.19. The summed E-state index contributed by atoms with van der Waals surface area (Å²) < 4.78 is 20.2. The van der Waals surface area contributed by atoms with Gasteiger partial charge in [0.15, 0.2) is 11.7 Å². The second-order valence-electron chi connectivity index (χ2n) is 7.06. The van der Waals surface area contributed by atoms with E-state index in [1.54, 1.807) is 6.07 Å². The first-order valence-electron chi connectivity index (χ1n) is 9.47. The Labute approximate surface area is 163 Å². The highest BCUT2D eigenvalue weighted by Crippen LogP contribution is 2.29. The summed E-state index contributed by atoms with van der Waals surface area (Å²) in [6.45, 7) is 4.16. The summed E-state index contributed by atoms with van der Waals surface area (Å²) in [5.41, 5.74) is 9.02. The smallest absolute Gasteiger partial charge is 0.191 e. The van der Waals surface area contributed by atoms with Gasteiger partial charge in [0.05, 0.1) is 12.2 Å². The monoisotopic (exact) mass is 378 g/mol. The third-order valence-electron chi connectivity index (χ3n) is 5.13. The van der Waals surface area contributed by atoms with Crippen LogP contribution < -0.4 is 5.73 Å². The molecule has 0 saturated carbocycles. The van der Waals surface area contributed by atoms with Crippen molar-refractivity contribution in [3.8, 4) is 11.1 Å². The van der Waals surface area contributed by atoms with Gasteiger partial charge in [-0.25, -0.2) is 4.39 Å². The molecule has 0 fully saturated rings. The van der Waals surface area contributed by atoms with Crippen molar-refractivity contribution >= 4 is 5.96 Å². The first-order valence-corrected chi connectivity index (χ1v) is 9.47. The van der Waals surface area contributed by atoms with Crippen LogP contribution >= 0.6 is 0 Å². The van der Waals surface area contributed by atoms with Crippen molar-refractivity contribution in [1.82, 2.24) is 10.1 Å². The molecule has 0 bridgehead atoms. The normalized spacial score (nSPS) is 15.4. The van der Waals surface area contributed by atoms with Gasteiger partial charge in [-0.15, -0.1) is 0 Å². The van der Waals surface area contributed by atoms with Crippen LogP contribution in [0.4, 0.5) is 4.39 Å². The molecule has 0 amide bonds. The molecule has 0 saturated heterocycles. The van der Waals surface area contributed by atoms with Gasteiger partial charge in [0.2, 0.25) is 0 Å². The number of hydrogen-bond donors (Lipinski definition) is 1. The summed E-state index contributed by atoms with van der Waals surface area (Å²) in [7, 11) is 0. The average molecular weight is 378 g/mol. The zero-order chi connectivity index (χ0) is 19.5. The first kappa shape index (κ1) is 18.2. The zero-order valence-corrected chi connectivity index (χ0v) is 15.8. The molecule has 0 spiro atoms. The van der Waals surface area contributed by atoms with Crippen LogP contribution in [0, 0.1) is 5.82 Å². The SMILES string of the molecule is CC(c1ccc(-c2ccccc2)c(F)c1)c1cc(CN2CCCN=C2N)on1. The maximum absolute atomic E-state index is 14.7. The van der Waals surface area contributed by atoms with E-state index < -0.39 is 0 Å². The number of halogens is 1. The maximum Gasteiger partial charge on any atom is 0.191 e. The lowest BCUT2D eigenvalue weighted by molar-refractivity contribution is 0.305. The van der Waals surface area contributed by atoms with E-state index in [0.717, 1.165) is 42.1 Å². The van der Waals surface area contributed by atoms with E-state index in [9.17, 15) is 4.39 Å². The van der Waals surface area contributed by atoms with Crippen molar-refractivity contribution < 1.29 is 8.91 Å². The Morgan fingerprint density at radius 2 is 2.00 bits per heavy atom. The molecular formula is C22H23FN4O. The molecule has 4 rings (SSSR count). The summed E-state index contributed by atoms with van der Waals surface area (Å²) in [5.74, 6) is 0.944. The molecule has 0 aliphatic carbocycles. The van der Waals surface area contributed by atoms with Gasteiger partial charge in [0, 0.05) is 30.6 Å². The quantitative estimate of drug-likeness (QED) is 0.724. The Bertz CT molecular complexity index is 983. The third kappa shape index (κ3) is 3.76. The molecular weight excluding hydrogens is 355 g/mol. The fraction of sp³-hybridized carbons (Fsp3) is 0.273. The van der Waals surface area contributed by atoms with E-state index in [-0.39, 0.29) is 11.7 Å². The molecule has 3 aromatic rings. The number of aromatic nitrogens is 1. The minimum Gasteiger partial charge on any atom is -0.370 e. The van der Waals surface area contributed by atoms with Gasteiger partial charge < -0.3 is 15.2 Å². The molecule has 5 nitrogen and oxygen atoms in total. The summed E-state index contributed by atoms with van der Waals surface area (Å²) >= 11 is 0. The molecule has 1 aliphatic rings. The Morgan fingerprint density at radius 1 is 1.18 bits per heavy atom. The Balaban J connectivity index is 1.51. The lowest BCUT2D eigenvalue weighted by atomic mass is 9.94. The summed E-state index contributed by atoms with van der Waals surface area (Å²) in [6, 6.07) is 16.8.